The van der Waals surface area contributed by atoms with Crippen molar-refractivity contribution in [2.45, 2.75) is 26.3 Å². The number of carbonyl (C=O) groups is 2. The molecule has 0 aromatic heterocycles. The lowest BCUT2D eigenvalue weighted by Gasteiger charge is -2.21. The number of hydrogen-bond acceptors (Lipinski definition) is 2. The lowest BCUT2D eigenvalue weighted by Crippen LogP contribution is -2.42. The van der Waals surface area contributed by atoms with E-state index in [2.05, 4.69) is 5.32 Å². The number of nitrogens with one attached hydrogen (secondary N) is 2. The molecule has 3 N–H and O–H groups in total. The standard InChI is InChI=1S/C13H15F3N2O3/c1-6(2)10(5-11(19)20)17-13(21)18-12-8(15)3-7(14)4-9(12)16/h3-4,6,10H,5H2,1-2H3,(H,19,20)(H2,17,18,21). The highest BCUT2D eigenvalue weighted by Crippen LogP contribution is 2.20. The molecule has 0 aliphatic carbocycles. The number of anilines is 1. The van der Waals surface area contributed by atoms with E-state index in [1.807, 2.05) is 5.32 Å². The van der Waals surface area contributed by atoms with Crippen molar-refractivity contribution in [1.82, 2.24) is 5.32 Å². The summed E-state index contributed by atoms with van der Waals surface area (Å²) in [6, 6.07) is -0.834. The van der Waals surface area contributed by atoms with E-state index < -0.39 is 41.2 Å². The maximum atomic E-state index is 13.4. The molecule has 1 unspecified atom stereocenters. The molecule has 1 aromatic rings. The fraction of sp³-hybridized carbons (Fsp3) is 0.385. The monoisotopic (exact) mass is 304 g/mol. The van der Waals surface area contributed by atoms with Crippen LogP contribution in [0.5, 0.6) is 0 Å². The minimum absolute atomic E-state index is 0.199. The number of aliphatic carboxylic acids is 1. The molecule has 0 bridgehead atoms. The topological polar surface area (TPSA) is 78.4 Å². The van der Waals surface area contributed by atoms with Crippen molar-refractivity contribution in [2.75, 3.05) is 5.32 Å². The molecular weight excluding hydrogens is 289 g/mol. The van der Waals surface area contributed by atoms with Crippen LogP contribution in [-0.2, 0) is 4.79 Å². The lowest BCUT2D eigenvalue weighted by atomic mass is 10.0. The van der Waals surface area contributed by atoms with E-state index in [4.69, 9.17) is 5.11 Å². The minimum atomic E-state index is -1.26. The Labute approximate surface area is 119 Å². The molecule has 2 amide bonds. The van der Waals surface area contributed by atoms with Crippen LogP contribution in [0.15, 0.2) is 12.1 Å². The smallest absolute Gasteiger partial charge is 0.319 e. The van der Waals surface area contributed by atoms with Gasteiger partial charge in [-0.25, -0.2) is 18.0 Å². The van der Waals surface area contributed by atoms with Crippen molar-refractivity contribution >= 4 is 17.7 Å². The van der Waals surface area contributed by atoms with Crippen molar-refractivity contribution in [3.8, 4) is 0 Å². The van der Waals surface area contributed by atoms with E-state index in [0.29, 0.717) is 12.1 Å². The van der Waals surface area contributed by atoms with Gasteiger partial charge in [0.1, 0.15) is 11.5 Å². The van der Waals surface area contributed by atoms with E-state index in [0.717, 1.165) is 0 Å². The van der Waals surface area contributed by atoms with Crippen LogP contribution in [0.4, 0.5) is 23.7 Å². The number of urea groups is 1. The first-order chi connectivity index (χ1) is 9.70. The molecule has 5 nitrogen and oxygen atoms in total. The van der Waals surface area contributed by atoms with Gasteiger partial charge in [0, 0.05) is 18.2 Å². The average Bonchev–Trinajstić information content (AvgIpc) is 2.32. The summed E-state index contributed by atoms with van der Waals surface area (Å²) in [7, 11) is 0. The quantitative estimate of drug-likeness (QED) is 0.782. The Morgan fingerprint density at radius 3 is 2.14 bits per heavy atom. The summed E-state index contributed by atoms with van der Waals surface area (Å²) in [5, 5.41) is 12.9. The molecule has 0 radical (unpaired) electrons. The summed E-state index contributed by atoms with van der Waals surface area (Å²) >= 11 is 0. The van der Waals surface area contributed by atoms with Gasteiger partial charge in [-0.2, -0.15) is 0 Å². The van der Waals surface area contributed by atoms with Crippen LogP contribution in [0.25, 0.3) is 0 Å². The van der Waals surface area contributed by atoms with Crippen molar-refractivity contribution in [3.05, 3.63) is 29.6 Å². The van der Waals surface area contributed by atoms with Crippen molar-refractivity contribution < 1.29 is 27.9 Å². The highest BCUT2D eigenvalue weighted by Gasteiger charge is 2.21. The lowest BCUT2D eigenvalue weighted by molar-refractivity contribution is -0.137. The summed E-state index contributed by atoms with van der Waals surface area (Å²) in [6.45, 7) is 3.37. The van der Waals surface area contributed by atoms with Gasteiger partial charge in [-0.1, -0.05) is 13.8 Å². The summed E-state index contributed by atoms with van der Waals surface area (Å²) < 4.78 is 39.5. The van der Waals surface area contributed by atoms with E-state index in [9.17, 15) is 22.8 Å². The number of halogens is 3. The average molecular weight is 304 g/mol. The first-order valence-electron chi connectivity index (χ1n) is 6.14. The first-order valence-corrected chi connectivity index (χ1v) is 6.14. The number of rotatable bonds is 5. The molecule has 1 aromatic carbocycles. The predicted molar refractivity (Wildman–Crippen MR) is 69.3 cm³/mol. The Morgan fingerprint density at radius 2 is 1.71 bits per heavy atom. The van der Waals surface area contributed by atoms with E-state index in [-0.39, 0.29) is 12.3 Å². The van der Waals surface area contributed by atoms with Crippen LogP contribution in [0, 0.1) is 23.4 Å². The fourth-order valence-electron chi connectivity index (χ4n) is 1.62. The van der Waals surface area contributed by atoms with Crippen LogP contribution >= 0.6 is 0 Å². The highest BCUT2D eigenvalue weighted by atomic mass is 19.1. The number of carboxylic acid groups (broad SMARTS) is 1. The van der Waals surface area contributed by atoms with Crippen LogP contribution in [-0.4, -0.2) is 23.1 Å². The molecular formula is C13H15F3N2O3. The molecule has 0 spiro atoms. The van der Waals surface area contributed by atoms with Gasteiger partial charge in [-0.3, -0.25) is 4.79 Å². The van der Waals surface area contributed by atoms with Crippen LogP contribution in [0.1, 0.15) is 20.3 Å². The molecule has 21 heavy (non-hydrogen) atoms. The van der Waals surface area contributed by atoms with E-state index >= 15 is 0 Å². The normalized spacial score (nSPS) is 12.1. The van der Waals surface area contributed by atoms with Gasteiger partial charge in [0.15, 0.2) is 11.6 Å². The highest BCUT2D eigenvalue weighted by molar-refractivity contribution is 5.90. The summed E-state index contributed by atoms with van der Waals surface area (Å²) in [5.74, 6) is -4.95. The van der Waals surface area contributed by atoms with Crippen LogP contribution in [0.2, 0.25) is 0 Å². The molecule has 0 aliphatic rings. The molecule has 1 atom stereocenters. The first kappa shape index (κ1) is 16.8. The zero-order chi connectivity index (χ0) is 16.2. The number of carbonyl (C=O) groups excluding carboxylic acids is 1. The van der Waals surface area contributed by atoms with Crippen molar-refractivity contribution in [2.24, 2.45) is 5.92 Å². The van der Waals surface area contributed by atoms with Crippen LogP contribution in [0.3, 0.4) is 0 Å². The third-order valence-corrected chi connectivity index (χ3v) is 2.76. The van der Waals surface area contributed by atoms with Gasteiger partial charge in [-0.05, 0) is 5.92 Å². The van der Waals surface area contributed by atoms with Gasteiger partial charge in [0.25, 0.3) is 0 Å². The molecule has 0 saturated carbocycles. The SMILES string of the molecule is CC(C)C(CC(=O)O)NC(=O)Nc1c(F)cc(F)cc1F. The summed E-state index contributed by atoms with van der Waals surface area (Å²) in [6.07, 6.45) is -0.334. The maximum Gasteiger partial charge on any atom is 0.319 e. The second-order valence-corrected chi connectivity index (χ2v) is 4.79. The van der Waals surface area contributed by atoms with Crippen LogP contribution < -0.4 is 10.6 Å². The summed E-state index contributed by atoms with van der Waals surface area (Å²) in [5.41, 5.74) is -0.799. The number of hydrogen-bond donors (Lipinski definition) is 3. The third-order valence-electron chi connectivity index (χ3n) is 2.76. The third kappa shape index (κ3) is 4.97. The number of amides is 2. The predicted octanol–water partition coefficient (Wildman–Crippen LogP) is 2.72. The molecule has 8 heteroatoms. The number of benzene rings is 1. The van der Waals surface area contributed by atoms with Gasteiger partial charge in [0.05, 0.1) is 6.42 Å². The zero-order valence-electron chi connectivity index (χ0n) is 11.4. The van der Waals surface area contributed by atoms with E-state index in [1.54, 1.807) is 13.8 Å². The molecule has 1 rings (SSSR count). The second-order valence-electron chi connectivity index (χ2n) is 4.79. The molecule has 0 fully saturated rings. The largest absolute Gasteiger partial charge is 0.481 e. The molecule has 0 aliphatic heterocycles. The van der Waals surface area contributed by atoms with Gasteiger partial charge in [-0.15, -0.1) is 0 Å². The second kappa shape index (κ2) is 6.96. The van der Waals surface area contributed by atoms with Crippen molar-refractivity contribution in [3.63, 3.8) is 0 Å². The summed E-state index contributed by atoms with van der Waals surface area (Å²) in [4.78, 5) is 22.3. The Hall–Kier alpha value is -2.25. The van der Waals surface area contributed by atoms with Gasteiger partial charge in [0.2, 0.25) is 0 Å². The number of carboxylic acids is 1. The molecule has 116 valence electrons. The Kier molecular flexibility index (Phi) is 5.57. The minimum Gasteiger partial charge on any atom is -0.481 e. The van der Waals surface area contributed by atoms with E-state index in [1.165, 1.54) is 0 Å². The van der Waals surface area contributed by atoms with Gasteiger partial charge < -0.3 is 15.7 Å². The Bertz CT molecular complexity index is 526. The maximum absolute atomic E-state index is 13.4. The van der Waals surface area contributed by atoms with Crippen molar-refractivity contribution in [1.29, 1.82) is 0 Å². The molecule has 0 heterocycles. The molecule has 0 saturated heterocycles. The zero-order valence-corrected chi connectivity index (χ0v) is 11.4. The van der Waals surface area contributed by atoms with Gasteiger partial charge >= 0.3 is 12.0 Å². The Morgan fingerprint density at radius 1 is 1.19 bits per heavy atom. The fourth-order valence-corrected chi connectivity index (χ4v) is 1.62. The Balaban J connectivity index is 2.79.